The van der Waals surface area contributed by atoms with Crippen LogP contribution in [0.15, 0.2) is 108 Å². The van der Waals surface area contributed by atoms with Gasteiger partial charge in [0.15, 0.2) is 0 Å². The minimum Gasteiger partial charge on any atom is -0.373 e. The summed E-state index contributed by atoms with van der Waals surface area (Å²) in [7, 11) is -2.49. The number of primary amides is 1. The fourth-order valence-corrected chi connectivity index (χ4v) is 14.6. The maximum atomic E-state index is 15.3. The van der Waals surface area contributed by atoms with Gasteiger partial charge in [0.2, 0.25) is 41.4 Å². The zero-order valence-electron chi connectivity index (χ0n) is 49.7. The Morgan fingerprint density at radius 3 is 2.12 bits per heavy atom. The number of imidazole rings is 1. The van der Waals surface area contributed by atoms with E-state index in [1.165, 1.54) is 26.2 Å². The third-order valence-corrected chi connectivity index (χ3v) is 19.7. The summed E-state index contributed by atoms with van der Waals surface area (Å²) >= 11 is 0. The van der Waals surface area contributed by atoms with E-state index in [1.54, 1.807) is 37.9 Å². The van der Waals surface area contributed by atoms with Gasteiger partial charge in [0, 0.05) is 61.9 Å². The van der Waals surface area contributed by atoms with Gasteiger partial charge in [-0.25, -0.2) is 4.79 Å². The van der Waals surface area contributed by atoms with Crippen LogP contribution in [0.1, 0.15) is 142 Å². The molecule has 1 saturated carbocycles. The maximum absolute atomic E-state index is 15.3. The summed E-state index contributed by atoms with van der Waals surface area (Å²) in [5, 5.41) is 23.9. The molecule has 1 aliphatic carbocycles. The minimum atomic E-state index is -4.17. The van der Waals surface area contributed by atoms with E-state index in [9.17, 15) is 48.0 Å². The number of nitrogens with two attached hydrogens (primary N) is 1. The number of H-pyrrole nitrogens is 1. The number of benzene rings is 4. The fraction of sp³-hybridized carbons (Fsp3) is 0.453. The van der Waals surface area contributed by atoms with Gasteiger partial charge in [0.25, 0.3) is 5.52 Å². The lowest BCUT2D eigenvalue weighted by molar-refractivity contribution is -0.147. The number of nitrogens with one attached hydrogen (secondary N) is 5. The first-order valence-corrected chi connectivity index (χ1v) is 32.0. The molecular weight excluding hydrogens is 1150 g/mol. The summed E-state index contributed by atoms with van der Waals surface area (Å²) in [4.78, 5) is 129. The third kappa shape index (κ3) is 13.9. The third-order valence-electron chi connectivity index (χ3n) is 17.7. The Labute approximate surface area is 509 Å². The number of piperidine rings is 1. The van der Waals surface area contributed by atoms with E-state index in [4.69, 9.17) is 14.8 Å². The average Bonchev–Trinajstić information content (AvgIpc) is 1.84. The topological polar surface area (TPSA) is 316 Å². The van der Waals surface area contributed by atoms with Crippen LogP contribution < -0.4 is 32.7 Å². The van der Waals surface area contributed by atoms with Crippen LogP contribution in [0.25, 0.3) is 21.9 Å². The number of hydrogen-bond donors (Lipinski definition) is 7. The van der Waals surface area contributed by atoms with Gasteiger partial charge < -0.3 is 45.3 Å². The smallest absolute Gasteiger partial charge is 0.373 e. The van der Waals surface area contributed by atoms with Crippen molar-refractivity contribution in [3.8, 4) is 0 Å². The average molecular weight is 1230 g/mol. The molecule has 0 spiro atoms. The van der Waals surface area contributed by atoms with Crippen molar-refractivity contribution in [2.24, 2.45) is 24.6 Å². The molecule has 0 bridgehead atoms. The molecule has 3 aliphatic heterocycles. The summed E-state index contributed by atoms with van der Waals surface area (Å²) < 4.78 is 27.1. The van der Waals surface area contributed by atoms with Gasteiger partial charge in [-0.3, -0.25) is 62.7 Å². The monoisotopic (exact) mass is 1220 g/mol. The molecule has 4 aromatic carbocycles. The normalized spacial score (nSPS) is 21.6. The second-order valence-electron chi connectivity index (χ2n) is 23.5. The molecular formula is C64H77N10O13P. The lowest BCUT2D eigenvalue weighted by Crippen LogP contribution is -2.61. The Kier molecular flexibility index (Phi) is 19.7. The number of aliphatic hydroxyl groups is 1. The van der Waals surface area contributed by atoms with Crippen molar-refractivity contribution in [3.05, 3.63) is 142 Å². The molecule has 2 aromatic heterocycles. The number of imide groups is 1. The number of carbonyl (C=O) groups excluding carboxylic acids is 8. The molecule has 88 heavy (non-hydrogen) atoms. The van der Waals surface area contributed by atoms with E-state index in [0.29, 0.717) is 40.7 Å². The first kappa shape index (κ1) is 63.0. The van der Waals surface area contributed by atoms with E-state index >= 15 is 4.79 Å². The molecule has 3 saturated heterocycles. The number of aryl methyl sites for hydroxylation is 1. The fourth-order valence-electron chi connectivity index (χ4n) is 13.2. The van der Waals surface area contributed by atoms with Gasteiger partial charge in [-0.05, 0) is 143 Å². The lowest BCUT2D eigenvalue weighted by Gasteiger charge is -2.40. The highest BCUT2D eigenvalue weighted by molar-refractivity contribution is 7.72. The molecule has 0 radical (unpaired) electrons. The molecule has 23 nitrogen and oxygen atoms in total. The highest BCUT2D eigenvalue weighted by Gasteiger charge is 2.47. The number of aromatic amines is 1. The number of aliphatic hydroxyl groups excluding tert-OH is 1. The second-order valence-corrected chi connectivity index (χ2v) is 25.5. The van der Waals surface area contributed by atoms with Crippen LogP contribution in [0.2, 0.25) is 0 Å². The molecule has 10 rings (SSSR count). The largest absolute Gasteiger partial charge is 0.401 e. The van der Waals surface area contributed by atoms with Crippen molar-refractivity contribution < 1.29 is 57.1 Å². The minimum absolute atomic E-state index is 0.0231. The Hall–Kier alpha value is -8.08. The van der Waals surface area contributed by atoms with Crippen LogP contribution >= 0.6 is 7.60 Å². The van der Waals surface area contributed by atoms with Crippen LogP contribution in [-0.4, -0.2) is 126 Å². The number of aromatic nitrogens is 3. The van der Waals surface area contributed by atoms with Crippen molar-refractivity contribution in [3.63, 3.8) is 0 Å². The molecule has 6 aromatic rings. The van der Waals surface area contributed by atoms with Gasteiger partial charge >= 0.3 is 13.3 Å². The molecule has 8 N–H and O–H groups in total. The first-order chi connectivity index (χ1) is 42.3. The summed E-state index contributed by atoms with van der Waals surface area (Å²) in [6, 6.07) is 25.1. The molecule has 4 fully saturated rings. The highest BCUT2D eigenvalue weighted by atomic mass is 31.2. The van der Waals surface area contributed by atoms with Crippen LogP contribution in [0.3, 0.4) is 0 Å². The van der Waals surface area contributed by atoms with Gasteiger partial charge in [-0.1, -0.05) is 66.7 Å². The maximum Gasteiger partial charge on any atom is 0.401 e. The van der Waals surface area contributed by atoms with E-state index in [-0.39, 0.29) is 99.5 Å². The van der Waals surface area contributed by atoms with E-state index in [2.05, 4.69) is 26.3 Å². The molecule has 1 unspecified atom stereocenters. The lowest BCUT2D eigenvalue weighted by atomic mass is 9.78. The zero-order valence-corrected chi connectivity index (χ0v) is 50.6. The molecule has 466 valence electrons. The number of amides is 7. The quantitative estimate of drug-likeness (QED) is 0.0225. The van der Waals surface area contributed by atoms with Crippen molar-refractivity contribution in [1.82, 2.24) is 45.2 Å². The highest BCUT2D eigenvalue weighted by Crippen LogP contribution is 2.51. The Morgan fingerprint density at radius 2 is 1.47 bits per heavy atom. The number of hydrogen-bond acceptors (Lipinski definition) is 14. The number of fused-ring (bicyclic) bond motifs is 3. The Balaban J connectivity index is 0.854. The van der Waals surface area contributed by atoms with Gasteiger partial charge in [0.05, 0.1) is 36.0 Å². The zero-order chi connectivity index (χ0) is 62.4. The second kappa shape index (κ2) is 27.5. The van der Waals surface area contributed by atoms with Crippen LogP contribution in [0.5, 0.6) is 0 Å². The van der Waals surface area contributed by atoms with Crippen LogP contribution in [0, 0.1) is 11.8 Å². The van der Waals surface area contributed by atoms with Crippen LogP contribution in [0.4, 0.5) is 0 Å². The van der Waals surface area contributed by atoms with Crippen molar-refractivity contribution in [2.75, 3.05) is 26.3 Å². The standard InChI is InChI=1S/C64H77N10O13P/c1-4-86-88(85,87-5-2)63(83)43-21-23-46-44(35-43)36-48(66-46)59(79)68-49-37-72(56(77)34-39-18-16-38(17-19-39)32-40-20-25-50-53(33-40)71(3)64(84)74(50)52-27-29-55(76)69-61(52)81)31-30-45-22-26-51(73(45)62(49)82)60(80)67-47(24-28-54(65)75)58(78)70-57(41-12-8-6-9-13-41)42-14-10-7-11-15-42/h6-15,20-21,23,25,33,35-36,38-39,45,47,49,51-52,57,59,66,68,79H,4-5,16-19,22,24,26-32,34,37H2,1-3H3,(H2,65,75)(H,67,80)(H,70,78)(H,69,76,81)/t38?,39?,45-,47+,49+,51+,52+,59?/m1/s1. The van der Waals surface area contributed by atoms with Crippen molar-refractivity contribution in [1.29, 1.82) is 0 Å². The molecule has 24 heteroatoms. The van der Waals surface area contributed by atoms with Crippen LogP contribution in [-0.2, 0) is 60.6 Å². The molecule has 5 heterocycles. The van der Waals surface area contributed by atoms with E-state index in [0.717, 1.165) is 48.8 Å². The summed E-state index contributed by atoms with van der Waals surface area (Å²) in [5.74, 6) is -3.05. The predicted molar refractivity (Wildman–Crippen MR) is 326 cm³/mol. The van der Waals surface area contributed by atoms with Gasteiger partial charge in [0.1, 0.15) is 30.4 Å². The first-order valence-electron chi connectivity index (χ1n) is 30.5. The van der Waals surface area contributed by atoms with Crippen molar-refractivity contribution >= 4 is 76.4 Å². The molecule has 7 amide bonds. The Bertz CT molecular complexity index is 3660. The van der Waals surface area contributed by atoms with Gasteiger partial charge in [-0.15, -0.1) is 0 Å². The summed E-state index contributed by atoms with van der Waals surface area (Å²) in [6.45, 7) is 3.23. The number of carbonyl (C=O) groups is 8. The van der Waals surface area contributed by atoms with Crippen molar-refractivity contribution in [2.45, 2.75) is 140 Å². The molecule has 4 aliphatic rings. The van der Waals surface area contributed by atoms with E-state index in [1.807, 2.05) is 78.9 Å². The predicted octanol–water partition coefficient (Wildman–Crippen LogP) is 5.84. The number of nitrogens with zero attached hydrogens (tertiary/aromatic N) is 4. The summed E-state index contributed by atoms with van der Waals surface area (Å²) in [6.07, 6.45) is 3.70. The van der Waals surface area contributed by atoms with Gasteiger partial charge in [-0.2, -0.15) is 0 Å². The SMILES string of the molecule is CCOP(=O)(OCC)C(=O)c1ccc2[nH]c(C(O)N[C@H]3CN(C(=O)CC4CCC(Cc5ccc6c(c5)n(C)c(=O)n6[C@H]5CCC(=O)NC5=O)CC4)CC[C@H]4CC[C@@H](C(=O)N[C@@H](CCC(N)=O)C(=O)NC(c5ccccc5)c5ccccc5)N4C3=O)cc2c1. The molecule has 6 atom stereocenters. The summed E-state index contributed by atoms with van der Waals surface area (Å²) in [5.41, 5.74) is 9.13. The Morgan fingerprint density at radius 1 is 0.784 bits per heavy atom. The van der Waals surface area contributed by atoms with E-state index < -0.39 is 85.1 Å². The number of rotatable bonds is 23.